The second-order valence-corrected chi connectivity index (χ2v) is 8.79. The molecular weight excluding hydrogens is 418 g/mol. The Morgan fingerprint density at radius 3 is 1.88 bits per heavy atom. The second kappa shape index (κ2) is 10.2. The number of aliphatic carboxylic acids is 1. The summed E-state index contributed by atoms with van der Waals surface area (Å²) in [5.41, 5.74) is 2.13. The van der Waals surface area contributed by atoms with Crippen LogP contribution in [-0.2, 0) is 16.0 Å². The van der Waals surface area contributed by atoms with Crippen molar-refractivity contribution in [1.82, 2.24) is 4.90 Å². The molecule has 0 spiro atoms. The summed E-state index contributed by atoms with van der Waals surface area (Å²) in [5.74, 6) is 0.441. The minimum absolute atomic E-state index is 0.176. The number of amides is 1. The lowest BCUT2D eigenvalue weighted by Crippen LogP contribution is -2.46. The van der Waals surface area contributed by atoms with Crippen molar-refractivity contribution in [3.63, 3.8) is 0 Å². The van der Waals surface area contributed by atoms with Gasteiger partial charge in [0.05, 0.1) is 0 Å². The molecule has 0 fully saturated rings. The van der Waals surface area contributed by atoms with Crippen LogP contribution in [0.3, 0.4) is 0 Å². The Morgan fingerprint density at radius 2 is 1.36 bits per heavy atom. The first kappa shape index (κ1) is 23.9. The van der Waals surface area contributed by atoms with Crippen molar-refractivity contribution < 1.29 is 24.2 Å². The number of para-hydroxylation sites is 1. The molecule has 0 unspecified atom stereocenters. The third-order valence-corrected chi connectivity index (χ3v) is 4.98. The molecule has 3 rings (SSSR count). The van der Waals surface area contributed by atoms with E-state index in [0.29, 0.717) is 0 Å². The van der Waals surface area contributed by atoms with Crippen molar-refractivity contribution in [2.45, 2.75) is 38.8 Å². The maximum absolute atomic E-state index is 12.3. The molecule has 172 valence electrons. The number of hydrogen-bond acceptors (Lipinski definition) is 4. The summed E-state index contributed by atoms with van der Waals surface area (Å²) in [6.45, 7) is 5.23. The van der Waals surface area contributed by atoms with Crippen LogP contribution in [0.1, 0.15) is 26.3 Å². The lowest BCUT2D eigenvalue weighted by molar-refractivity contribution is -0.142. The molecule has 0 aliphatic rings. The van der Waals surface area contributed by atoms with E-state index in [1.165, 1.54) is 7.05 Å². The van der Waals surface area contributed by atoms with E-state index in [4.69, 9.17) is 9.47 Å². The lowest BCUT2D eigenvalue weighted by atomic mass is 10.00. The van der Waals surface area contributed by atoms with Crippen LogP contribution in [0.2, 0.25) is 0 Å². The summed E-state index contributed by atoms with van der Waals surface area (Å²) in [6, 6.07) is 24.0. The van der Waals surface area contributed by atoms with Gasteiger partial charge in [0.1, 0.15) is 23.1 Å². The Balaban J connectivity index is 1.67. The van der Waals surface area contributed by atoms with Gasteiger partial charge < -0.3 is 14.6 Å². The minimum atomic E-state index is -1.08. The number of nitrogens with zero attached hydrogens (tertiary/aromatic N) is 1. The fraction of sp³-hybridized carbons (Fsp3) is 0.259. The zero-order valence-corrected chi connectivity index (χ0v) is 19.3. The van der Waals surface area contributed by atoms with E-state index < -0.39 is 23.7 Å². The standard InChI is InChI=1S/C27H29NO5/c1-27(2,3)33-26(31)28(4)24(25(29)30)18-19-10-12-20(13-11-19)21-14-16-23(17-15-21)32-22-8-6-5-7-9-22/h5-17,24H,18H2,1-4H3,(H,29,30)/t24-/m1/s1. The highest BCUT2D eigenvalue weighted by molar-refractivity contribution is 5.80. The van der Waals surface area contributed by atoms with Crippen LogP contribution in [-0.4, -0.2) is 40.8 Å². The van der Waals surface area contributed by atoms with Crippen molar-refractivity contribution in [3.05, 3.63) is 84.4 Å². The average molecular weight is 448 g/mol. The van der Waals surface area contributed by atoms with E-state index >= 15 is 0 Å². The Hall–Kier alpha value is -3.80. The Labute approximate surface area is 194 Å². The van der Waals surface area contributed by atoms with E-state index in [1.54, 1.807) is 20.8 Å². The van der Waals surface area contributed by atoms with Gasteiger partial charge >= 0.3 is 12.1 Å². The van der Waals surface area contributed by atoms with Crippen molar-refractivity contribution in [2.24, 2.45) is 0 Å². The number of carboxylic acids is 1. The van der Waals surface area contributed by atoms with Crippen molar-refractivity contribution in [1.29, 1.82) is 0 Å². The monoisotopic (exact) mass is 447 g/mol. The Morgan fingerprint density at radius 1 is 0.848 bits per heavy atom. The van der Waals surface area contributed by atoms with Gasteiger partial charge in [-0.25, -0.2) is 9.59 Å². The predicted octanol–water partition coefficient (Wildman–Crippen LogP) is 6.01. The lowest BCUT2D eigenvalue weighted by Gasteiger charge is -2.28. The molecule has 3 aromatic carbocycles. The molecule has 6 heteroatoms. The second-order valence-electron chi connectivity index (χ2n) is 8.79. The third-order valence-electron chi connectivity index (χ3n) is 4.98. The van der Waals surface area contributed by atoms with E-state index in [9.17, 15) is 14.7 Å². The van der Waals surface area contributed by atoms with Gasteiger partial charge in [-0.05, 0) is 61.7 Å². The summed E-state index contributed by atoms with van der Waals surface area (Å²) in [6.07, 6.45) is -0.487. The van der Waals surface area contributed by atoms with Gasteiger partial charge in [-0.2, -0.15) is 0 Å². The topological polar surface area (TPSA) is 76.1 Å². The first-order valence-corrected chi connectivity index (χ1v) is 10.7. The fourth-order valence-corrected chi connectivity index (χ4v) is 3.25. The van der Waals surface area contributed by atoms with Crippen LogP contribution < -0.4 is 4.74 Å². The molecule has 0 aromatic heterocycles. The molecular formula is C27H29NO5. The number of carboxylic acid groups (broad SMARTS) is 1. The molecule has 6 nitrogen and oxygen atoms in total. The van der Waals surface area contributed by atoms with Gasteiger partial charge in [0.2, 0.25) is 0 Å². The number of carbonyl (C=O) groups excluding carboxylic acids is 1. The predicted molar refractivity (Wildman–Crippen MR) is 128 cm³/mol. The van der Waals surface area contributed by atoms with Gasteiger partial charge in [0.15, 0.2) is 0 Å². The SMILES string of the molecule is CN(C(=O)OC(C)(C)C)[C@H](Cc1ccc(-c2ccc(Oc3ccccc3)cc2)cc1)C(=O)O. The number of likely N-dealkylation sites (N-methyl/N-ethyl adjacent to an activating group) is 1. The molecule has 1 N–H and O–H groups in total. The van der Waals surface area contributed by atoms with E-state index in [2.05, 4.69) is 0 Å². The van der Waals surface area contributed by atoms with Crippen LogP contribution in [0.15, 0.2) is 78.9 Å². The Kier molecular flexibility index (Phi) is 7.38. The number of ether oxygens (including phenoxy) is 2. The summed E-state index contributed by atoms with van der Waals surface area (Å²) in [5, 5.41) is 9.66. The summed E-state index contributed by atoms with van der Waals surface area (Å²) < 4.78 is 11.1. The van der Waals surface area contributed by atoms with E-state index in [0.717, 1.165) is 33.1 Å². The Bertz CT molecular complexity index is 1070. The number of carbonyl (C=O) groups is 2. The average Bonchev–Trinajstić information content (AvgIpc) is 2.77. The van der Waals surface area contributed by atoms with Gasteiger partial charge in [-0.15, -0.1) is 0 Å². The van der Waals surface area contributed by atoms with Crippen LogP contribution in [0, 0.1) is 0 Å². The third kappa shape index (κ3) is 6.84. The van der Waals surface area contributed by atoms with Crippen LogP contribution in [0.5, 0.6) is 11.5 Å². The van der Waals surface area contributed by atoms with Crippen molar-refractivity contribution >= 4 is 12.1 Å². The van der Waals surface area contributed by atoms with Crippen LogP contribution in [0.25, 0.3) is 11.1 Å². The van der Waals surface area contributed by atoms with Crippen LogP contribution in [0.4, 0.5) is 4.79 Å². The molecule has 1 atom stereocenters. The number of rotatable bonds is 7. The van der Waals surface area contributed by atoms with Gasteiger partial charge in [0.25, 0.3) is 0 Å². The van der Waals surface area contributed by atoms with Crippen molar-refractivity contribution in [2.75, 3.05) is 7.05 Å². The number of benzene rings is 3. The summed E-state index contributed by atoms with van der Waals surface area (Å²) in [4.78, 5) is 25.2. The molecule has 0 saturated heterocycles. The van der Waals surface area contributed by atoms with E-state index in [-0.39, 0.29) is 6.42 Å². The van der Waals surface area contributed by atoms with Gasteiger partial charge in [-0.1, -0.05) is 54.6 Å². The molecule has 0 aliphatic carbocycles. The molecule has 0 heterocycles. The molecule has 0 aliphatic heterocycles. The smallest absolute Gasteiger partial charge is 0.410 e. The highest BCUT2D eigenvalue weighted by atomic mass is 16.6. The minimum Gasteiger partial charge on any atom is -0.480 e. The fourth-order valence-electron chi connectivity index (χ4n) is 3.25. The van der Waals surface area contributed by atoms with Crippen molar-refractivity contribution in [3.8, 4) is 22.6 Å². The highest BCUT2D eigenvalue weighted by Gasteiger charge is 2.30. The maximum atomic E-state index is 12.3. The summed E-state index contributed by atoms with van der Waals surface area (Å²) in [7, 11) is 1.44. The normalized spacial score (nSPS) is 12.0. The number of hydrogen-bond donors (Lipinski definition) is 1. The molecule has 0 saturated carbocycles. The molecule has 0 bridgehead atoms. The largest absolute Gasteiger partial charge is 0.480 e. The first-order valence-electron chi connectivity index (χ1n) is 10.7. The van der Waals surface area contributed by atoms with Gasteiger partial charge in [0, 0.05) is 13.5 Å². The molecule has 0 radical (unpaired) electrons. The molecule has 1 amide bonds. The van der Waals surface area contributed by atoms with Crippen LogP contribution >= 0.6 is 0 Å². The van der Waals surface area contributed by atoms with Gasteiger partial charge in [-0.3, -0.25) is 4.90 Å². The maximum Gasteiger partial charge on any atom is 0.410 e. The summed E-state index contributed by atoms with van der Waals surface area (Å²) >= 11 is 0. The molecule has 3 aromatic rings. The highest BCUT2D eigenvalue weighted by Crippen LogP contribution is 2.26. The zero-order chi connectivity index (χ0) is 24.0. The first-order chi connectivity index (χ1) is 15.6. The molecule has 33 heavy (non-hydrogen) atoms. The van der Waals surface area contributed by atoms with E-state index in [1.807, 2.05) is 78.9 Å². The quantitative estimate of drug-likeness (QED) is 0.480. The zero-order valence-electron chi connectivity index (χ0n) is 19.3.